The number of aromatic nitrogens is 1. The van der Waals surface area contributed by atoms with Crippen LogP contribution in [0.25, 0.3) is 0 Å². The lowest BCUT2D eigenvalue weighted by Crippen LogP contribution is -2.28. The van der Waals surface area contributed by atoms with Gasteiger partial charge in [-0.2, -0.15) is 0 Å². The van der Waals surface area contributed by atoms with Crippen molar-refractivity contribution in [1.82, 2.24) is 9.88 Å². The van der Waals surface area contributed by atoms with Crippen LogP contribution in [0.15, 0.2) is 70.5 Å². The van der Waals surface area contributed by atoms with E-state index in [2.05, 4.69) is 5.32 Å². The van der Waals surface area contributed by atoms with Gasteiger partial charge in [0.05, 0.1) is 13.3 Å². The number of carbonyl (C=O) groups is 1. The van der Waals surface area contributed by atoms with Crippen LogP contribution in [0.1, 0.15) is 11.3 Å². The summed E-state index contributed by atoms with van der Waals surface area (Å²) in [6.45, 7) is 0.243. The largest absolute Gasteiger partial charge is 0.491 e. The molecule has 30 heavy (non-hydrogen) atoms. The Balaban J connectivity index is 1.71. The van der Waals surface area contributed by atoms with Gasteiger partial charge in [0.2, 0.25) is 11.3 Å². The highest BCUT2D eigenvalue weighted by atomic mass is 32.2. The van der Waals surface area contributed by atoms with Crippen molar-refractivity contribution in [2.75, 3.05) is 7.11 Å². The van der Waals surface area contributed by atoms with E-state index in [0.717, 1.165) is 10.5 Å². The van der Waals surface area contributed by atoms with E-state index < -0.39 is 0 Å². The third kappa shape index (κ3) is 5.93. The lowest BCUT2D eigenvalue weighted by atomic mass is 10.2. The first-order valence-electron chi connectivity index (χ1n) is 9.11. The van der Waals surface area contributed by atoms with Gasteiger partial charge < -0.3 is 14.6 Å². The summed E-state index contributed by atoms with van der Waals surface area (Å²) in [6.07, 6.45) is 1.50. The lowest BCUT2D eigenvalue weighted by molar-refractivity contribution is -0.121. The zero-order chi connectivity index (χ0) is 21.5. The number of halogens is 2. The Morgan fingerprint density at radius 2 is 1.70 bits per heavy atom. The van der Waals surface area contributed by atoms with Crippen molar-refractivity contribution in [1.29, 1.82) is 0 Å². The van der Waals surface area contributed by atoms with Gasteiger partial charge in [-0.15, -0.1) is 11.8 Å². The molecule has 0 bridgehead atoms. The molecule has 0 spiro atoms. The molecule has 1 N–H and O–H groups in total. The van der Waals surface area contributed by atoms with E-state index in [1.54, 1.807) is 28.8 Å². The molecule has 1 aromatic heterocycles. The maximum absolute atomic E-state index is 13.1. The molecule has 0 saturated heterocycles. The van der Waals surface area contributed by atoms with Crippen LogP contribution in [-0.2, 0) is 23.6 Å². The van der Waals surface area contributed by atoms with Crippen LogP contribution in [0.5, 0.6) is 5.75 Å². The molecule has 0 fully saturated rings. The molecule has 1 amide bonds. The van der Waals surface area contributed by atoms with Gasteiger partial charge in [-0.05, 0) is 42.0 Å². The molecule has 5 nitrogen and oxygen atoms in total. The topological polar surface area (TPSA) is 60.3 Å². The van der Waals surface area contributed by atoms with Crippen molar-refractivity contribution < 1.29 is 18.3 Å². The first-order valence-corrected chi connectivity index (χ1v) is 10.1. The fourth-order valence-electron chi connectivity index (χ4n) is 2.72. The Morgan fingerprint density at radius 1 is 1.07 bits per heavy atom. The number of amides is 1. The molecule has 3 rings (SSSR count). The van der Waals surface area contributed by atoms with Crippen molar-refractivity contribution in [2.24, 2.45) is 0 Å². The number of thioether (sulfide) groups is 1. The third-order valence-electron chi connectivity index (χ3n) is 4.32. The van der Waals surface area contributed by atoms with Gasteiger partial charge in [0.25, 0.3) is 0 Å². The minimum absolute atomic E-state index is 0.0167. The van der Waals surface area contributed by atoms with E-state index in [1.165, 1.54) is 55.4 Å². The first kappa shape index (κ1) is 21.6. The van der Waals surface area contributed by atoms with E-state index in [-0.39, 0.29) is 41.8 Å². The number of pyridine rings is 1. The SMILES string of the molecule is COc1cn(CC(=O)NCc2ccc(F)cc2)c(CSc2ccc(F)cc2)cc1=O. The quantitative estimate of drug-likeness (QED) is 0.553. The standard InChI is InChI=1S/C22H20F2N2O3S/c1-29-21-12-26(13-22(28)25-11-15-2-4-16(23)5-3-15)18(10-20(21)27)14-30-19-8-6-17(24)7-9-19/h2-10,12H,11,13-14H2,1H3,(H,25,28). The Morgan fingerprint density at radius 3 is 2.33 bits per heavy atom. The van der Waals surface area contributed by atoms with Crippen LogP contribution in [0.4, 0.5) is 8.78 Å². The average molecular weight is 430 g/mol. The Labute approximate surface area is 176 Å². The second-order valence-electron chi connectivity index (χ2n) is 6.47. The maximum atomic E-state index is 13.1. The fourth-order valence-corrected chi connectivity index (χ4v) is 3.61. The summed E-state index contributed by atoms with van der Waals surface area (Å²) in [5, 5.41) is 2.78. The molecular weight excluding hydrogens is 410 g/mol. The highest BCUT2D eigenvalue weighted by Gasteiger charge is 2.11. The van der Waals surface area contributed by atoms with Crippen molar-refractivity contribution in [3.63, 3.8) is 0 Å². The number of carbonyl (C=O) groups excluding carboxylic acids is 1. The highest BCUT2D eigenvalue weighted by molar-refractivity contribution is 7.98. The van der Waals surface area contributed by atoms with Crippen LogP contribution in [0, 0.1) is 11.6 Å². The van der Waals surface area contributed by atoms with E-state index in [1.807, 2.05) is 0 Å². The van der Waals surface area contributed by atoms with Crippen molar-refractivity contribution in [3.8, 4) is 5.75 Å². The summed E-state index contributed by atoms with van der Waals surface area (Å²) in [5.74, 6) is -0.377. The Kier molecular flexibility index (Phi) is 7.24. The minimum Gasteiger partial charge on any atom is -0.491 e. The molecule has 0 aliphatic heterocycles. The smallest absolute Gasteiger partial charge is 0.240 e. The molecule has 0 atom stereocenters. The predicted octanol–water partition coefficient (Wildman–Crippen LogP) is 3.74. The molecule has 0 aliphatic rings. The van der Waals surface area contributed by atoms with Crippen LogP contribution >= 0.6 is 11.8 Å². The number of methoxy groups -OCH3 is 1. The van der Waals surface area contributed by atoms with Gasteiger partial charge in [0.1, 0.15) is 18.2 Å². The number of rotatable bonds is 8. The molecule has 0 aliphatic carbocycles. The molecule has 0 saturated carbocycles. The van der Waals surface area contributed by atoms with E-state index in [9.17, 15) is 18.4 Å². The van der Waals surface area contributed by atoms with Gasteiger partial charge in [-0.25, -0.2) is 8.78 Å². The maximum Gasteiger partial charge on any atom is 0.240 e. The number of ether oxygens (including phenoxy) is 1. The Bertz CT molecular complexity index is 1070. The summed E-state index contributed by atoms with van der Waals surface area (Å²) in [4.78, 5) is 25.4. The zero-order valence-electron chi connectivity index (χ0n) is 16.2. The number of hydrogen-bond acceptors (Lipinski definition) is 4. The lowest BCUT2D eigenvalue weighted by Gasteiger charge is -2.15. The second-order valence-corrected chi connectivity index (χ2v) is 7.52. The summed E-state index contributed by atoms with van der Waals surface area (Å²) < 4.78 is 32.8. The van der Waals surface area contributed by atoms with Gasteiger partial charge in [-0.3, -0.25) is 9.59 Å². The second kappa shape index (κ2) is 10.1. The van der Waals surface area contributed by atoms with Gasteiger partial charge in [0.15, 0.2) is 5.75 Å². The van der Waals surface area contributed by atoms with Crippen LogP contribution in [0.3, 0.4) is 0 Å². The monoisotopic (exact) mass is 430 g/mol. The summed E-state index contributed by atoms with van der Waals surface area (Å²) in [5.41, 5.74) is 1.12. The van der Waals surface area contributed by atoms with Crippen LogP contribution in [-0.4, -0.2) is 17.6 Å². The van der Waals surface area contributed by atoms with E-state index >= 15 is 0 Å². The number of benzene rings is 2. The van der Waals surface area contributed by atoms with Crippen LogP contribution < -0.4 is 15.5 Å². The number of hydrogen-bond donors (Lipinski definition) is 1. The molecule has 8 heteroatoms. The molecule has 1 heterocycles. The zero-order valence-corrected chi connectivity index (χ0v) is 17.0. The molecular formula is C22H20F2N2O3S. The van der Waals surface area contributed by atoms with E-state index in [4.69, 9.17) is 4.74 Å². The Hall–Kier alpha value is -3.13. The average Bonchev–Trinajstić information content (AvgIpc) is 2.74. The van der Waals surface area contributed by atoms with Crippen molar-refractivity contribution in [2.45, 2.75) is 23.7 Å². The van der Waals surface area contributed by atoms with Crippen molar-refractivity contribution in [3.05, 3.63) is 93.9 Å². The fraction of sp³-hybridized carbons (Fsp3) is 0.182. The summed E-state index contributed by atoms with van der Waals surface area (Å²) in [6, 6.07) is 13.3. The summed E-state index contributed by atoms with van der Waals surface area (Å²) in [7, 11) is 1.39. The number of nitrogens with zero attached hydrogens (tertiary/aromatic N) is 1. The minimum atomic E-state index is -0.339. The number of nitrogens with one attached hydrogen (secondary N) is 1. The molecule has 156 valence electrons. The molecule has 2 aromatic carbocycles. The van der Waals surface area contributed by atoms with Gasteiger partial charge >= 0.3 is 0 Å². The molecule has 0 unspecified atom stereocenters. The van der Waals surface area contributed by atoms with Crippen LogP contribution in [0.2, 0.25) is 0 Å². The predicted molar refractivity (Wildman–Crippen MR) is 111 cm³/mol. The normalized spacial score (nSPS) is 10.6. The highest BCUT2D eigenvalue weighted by Crippen LogP contribution is 2.23. The first-order chi connectivity index (χ1) is 14.4. The van der Waals surface area contributed by atoms with Crippen molar-refractivity contribution >= 4 is 17.7 Å². The molecule has 3 aromatic rings. The van der Waals surface area contributed by atoms with E-state index in [0.29, 0.717) is 11.4 Å². The van der Waals surface area contributed by atoms with Gasteiger partial charge in [-0.1, -0.05) is 12.1 Å². The third-order valence-corrected chi connectivity index (χ3v) is 5.37. The molecule has 0 radical (unpaired) electrons. The summed E-state index contributed by atoms with van der Waals surface area (Å²) >= 11 is 1.42. The van der Waals surface area contributed by atoms with Gasteiger partial charge in [0, 0.05) is 29.0 Å².